The highest BCUT2D eigenvalue weighted by Crippen LogP contribution is 2.24. The zero-order chi connectivity index (χ0) is 45.2. The van der Waals surface area contributed by atoms with Gasteiger partial charge in [0.2, 0.25) is 11.8 Å². The van der Waals surface area contributed by atoms with Gasteiger partial charge in [0.05, 0.1) is 46.1 Å². The first kappa shape index (κ1) is 43.9. The van der Waals surface area contributed by atoms with Crippen LogP contribution in [0, 0.1) is 5.92 Å². The van der Waals surface area contributed by atoms with Gasteiger partial charge in [-0.15, -0.1) is 0 Å². The molecular formula is C42H45N19O2S. The summed E-state index contributed by atoms with van der Waals surface area (Å²) in [5.74, 6) is 2.22. The predicted molar refractivity (Wildman–Crippen MR) is 247 cm³/mol. The first-order valence-electron chi connectivity index (χ1n) is 20.1. The maximum atomic E-state index is 12.1. The summed E-state index contributed by atoms with van der Waals surface area (Å²) in [5.41, 5.74) is 22.4. The van der Waals surface area contributed by atoms with E-state index in [-0.39, 0.29) is 11.8 Å². The van der Waals surface area contributed by atoms with Gasteiger partial charge in [-0.3, -0.25) is 9.59 Å². The van der Waals surface area contributed by atoms with Gasteiger partial charge in [-0.25, -0.2) is 49.2 Å². The number of aromatic nitrogens is 14. The number of nitrogens with two attached hydrogens (primary N) is 3. The van der Waals surface area contributed by atoms with Crippen LogP contribution in [0.5, 0.6) is 0 Å². The highest BCUT2D eigenvalue weighted by atomic mass is 32.2. The fourth-order valence-electron chi connectivity index (χ4n) is 6.23. The van der Waals surface area contributed by atoms with E-state index in [1.165, 1.54) is 30.7 Å². The second-order valence-electron chi connectivity index (χ2n) is 14.2. The number of fused-ring (bicyclic) bond motifs is 3. The topological polar surface area (TPSA) is 293 Å². The third-order valence-electron chi connectivity index (χ3n) is 9.67. The Morgan fingerprint density at radius 2 is 1.14 bits per heavy atom. The van der Waals surface area contributed by atoms with Gasteiger partial charge in [0.15, 0.2) is 27.9 Å². The molecule has 21 nitrogen and oxygen atoms in total. The summed E-state index contributed by atoms with van der Waals surface area (Å²) in [6.07, 6.45) is 15.5. The molecule has 64 heavy (non-hydrogen) atoms. The van der Waals surface area contributed by atoms with Gasteiger partial charge in [0, 0.05) is 36.5 Å². The predicted octanol–water partition coefficient (Wildman–Crippen LogP) is 5.82. The second-order valence-corrected chi connectivity index (χ2v) is 15.0. The number of anilines is 5. The number of benzene rings is 2. The highest BCUT2D eigenvalue weighted by Gasteiger charge is 2.14. The molecule has 0 radical (unpaired) electrons. The van der Waals surface area contributed by atoms with Crippen LogP contribution in [-0.2, 0) is 9.59 Å². The standard InChI is InChI=1S/C17H20N6O.C15H16N6O.C10H9N7S/c1-3-11(2)7-15(24)22-12-5-4-6-13(8-12)23-17-14(9-21-23)16(18)19-10-20-17;1-2-4-13(22)20-10-5-3-6-11(7-10)21-15-12(8-19-21)14(16)17-9-18-15;1-18-10-12-3-2-7(16-10)17-9-6(4-15-17)8(11)13-5-14-9/h4-6,8-11H,3,7H2,1-2H3,(H,22,24)(H2,18,19,20);3,5-9H,2,4H2,1H3,(H,20,22)(H2,16,17,18);2-5H,1H3,(H2,11,13,14). The summed E-state index contributed by atoms with van der Waals surface area (Å²) < 4.78 is 4.97. The summed E-state index contributed by atoms with van der Waals surface area (Å²) in [6, 6.07) is 16.7. The Morgan fingerprint density at radius 3 is 1.62 bits per heavy atom. The van der Waals surface area contributed by atoms with E-state index in [4.69, 9.17) is 17.2 Å². The van der Waals surface area contributed by atoms with E-state index in [0.29, 0.717) is 80.3 Å². The number of nitrogen functional groups attached to an aromatic ring is 3. The SMILES string of the molecule is CCC(C)CC(=O)Nc1cccc(-n2ncc3c(N)ncnc32)c1.CCCC(=O)Nc1cccc(-n2ncc3c(N)ncnc32)c1.CSc1nccc(-n2ncc3c(N)ncnc32)n1. The summed E-state index contributed by atoms with van der Waals surface area (Å²) in [5, 5.41) is 21.5. The summed E-state index contributed by atoms with van der Waals surface area (Å²) in [4.78, 5) is 56.7. The van der Waals surface area contributed by atoms with Crippen molar-refractivity contribution in [1.29, 1.82) is 0 Å². The summed E-state index contributed by atoms with van der Waals surface area (Å²) >= 11 is 1.47. The van der Waals surface area contributed by atoms with Crippen LogP contribution >= 0.6 is 11.8 Å². The van der Waals surface area contributed by atoms with Gasteiger partial charge in [-0.2, -0.15) is 20.0 Å². The molecule has 0 aliphatic heterocycles. The van der Waals surface area contributed by atoms with Crippen LogP contribution in [0.3, 0.4) is 0 Å². The first-order chi connectivity index (χ1) is 31.1. The van der Waals surface area contributed by atoms with Crippen molar-refractivity contribution < 1.29 is 9.59 Å². The minimum Gasteiger partial charge on any atom is -0.383 e. The van der Waals surface area contributed by atoms with E-state index in [0.717, 1.165) is 35.6 Å². The Bertz CT molecular complexity index is 3060. The minimum absolute atomic E-state index is 0.00320. The van der Waals surface area contributed by atoms with Gasteiger partial charge < -0.3 is 27.8 Å². The van der Waals surface area contributed by atoms with Gasteiger partial charge in [-0.05, 0) is 55.0 Å². The third kappa shape index (κ3) is 10.1. The fourth-order valence-corrected chi connectivity index (χ4v) is 6.59. The van der Waals surface area contributed by atoms with Crippen LogP contribution in [0.2, 0.25) is 0 Å². The number of hydrogen-bond donors (Lipinski definition) is 5. The molecule has 22 heteroatoms. The number of carbonyl (C=O) groups is 2. The van der Waals surface area contributed by atoms with Crippen molar-refractivity contribution in [2.45, 2.75) is 51.6 Å². The van der Waals surface area contributed by atoms with Crippen LogP contribution < -0.4 is 27.8 Å². The second kappa shape index (κ2) is 20.2. The largest absolute Gasteiger partial charge is 0.383 e. The average Bonchev–Trinajstić information content (AvgIpc) is 4.06. The van der Waals surface area contributed by atoms with Crippen LogP contribution in [-0.4, -0.2) is 87.3 Å². The van der Waals surface area contributed by atoms with Crippen molar-refractivity contribution in [3.8, 4) is 17.2 Å². The molecule has 0 aliphatic rings. The van der Waals surface area contributed by atoms with Crippen molar-refractivity contribution in [3.05, 3.63) is 98.4 Å². The molecule has 0 saturated heterocycles. The van der Waals surface area contributed by atoms with E-state index in [1.54, 1.807) is 44.9 Å². The summed E-state index contributed by atoms with van der Waals surface area (Å²) in [7, 11) is 0. The molecule has 8 N–H and O–H groups in total. The quantitative estimate of drug-likeness (QED) is 0.0755. The van der Waals surface area contributed by atoms with E-state index in [2.05, 4.69) is 79.6 Å². The zero-order valence-corrected chi connectivity index (χ0v) is 36.2. The fraction of sp³-hybridized carbons (Fsp3) is 0.214. The normalized spacial score (nSPS) is 11.4. The lowest BCUT2D eigenvalue weighted by Gasteiger charge is -2.10. The smallest absolute Gasteiger partial charge is 0.224 e. The summed E-state index contributed by atoms with van der Waals surface area (Å²) in [6.45, 7) is 6.11. The molecule has 0 bridgehead atoms. The minimum atomic E-state index is -0.00320. The maximum Gasteiger partial charge on any atom is 0.224 e. The number of carbonyl (C=O) groups excluding carboxylic acids is 2. The molecule has 1 unspecified atom stereocenters. The average molecular weight is 880 g/mol. The van der Waals surface area contributed by atoms with Crippen LogP contribution in [0.4, 0.5) is 28.8 Å². The zero-order valence-electron chi connectivity index (χ0n) is 35.4. The van der Waals surface area contributed by atoms with Crippen LogP contribution in [0.1, 0.15) is 46.5 Å². The molecule has 2 aromatic carbocycles. The number of amides is 2. The first-order valence-corrected chi connectivity index (χ1v) is 21.3. The van der Waals surface area contributed by atoms with E-state index in [9.17, 15) is 9.59 Å². The Labute approximate surface area is 370 Å². The van der Waals surface area contributed by atoms with Crippen molar-refractivity contribution in [2.24, 2.45) is 5.92 Å². The molecule has 7 heterocycles. The lowest BCUT2D eigenvalue weighted by molar-refractivity contribution is -0.117. The van der Waals surface area contributed by atoms with Crippen LogP contribution in [0.25, 0.3) is 50.3 Å². The number of nitrogens with one attached hydrogen (secondary N) is 2. The van der Waals surface area contributed by atoms with Crippen molar-refractivity contribution in [1.82, 2.24) is 69.2 Å². The molecule has 0 saturated carbocycles. The lowest BCUT2D eigenvalue weighted by Crippen LogP contribution is -2.15. The third-order valence-corrected chi connectivity index (χ3v) is 10.2. The highest BCUT2D eigenvalue weighted by molar-refractivity contribution is 7.98. The van der Waals surface area contributed by atoms with E-state index >= 15 is 0 Å². The molecule has 326 valence electrons. The van der Waals surface area contributed by atoms with Crippen molar-refractivity contribution in [3.63, 3.8) is 0 Å². The van der Waals surface area contributed by atoms with Crippen LogP contribution in [0.15, 0.2) is 104 Å². The molecule has 2 amide bonds. The number of hydrogen-bond acceptors (Lipinski definition) is 17. The van der Waals surface area contributed by atoms with Crippen molar-refractivity contribution in [2.75, 3.05) is 34.1 Å². The van der Waals surface area contributed by atoms with Gasteiger partial charge >= 0.3 is 0 Å². The number of rotatable bonds is 11. The Kier molecular flexibility index (Phi) is 13.8. The number of thioether (sulfide) groups is 1. The molecule has 7 aromatic heterocycles. The van der Waals surface area contributed by atoms with E-state index < -0.39 is 0 Å². The van der Waals surface area contributed by atoms with Crippen molar-refractivity contribution >= 4 is 85.5 Å². The monoisotopic (exact) mass is 879 g/mol. The molecule has 0 aliphatic carbocycles. The molecular weight excluding hydrogens is 835 g/mol. The van der Waals surface area contributed by atoms with Gasteiger partial charge in [0.25, 0.3) is 0 Å². The van der Waals surface area contributed by atoms with E-state index in [1.807, 2.05) is 61.7 Å². The molecule has 0 spiro atoms. The molecule has 9 aromatic rings. The van der Waals surface area contributed by atoms with Gasteiger partial charge in [0.1, 0.15) is 36.4 Å². The Hall–Kier alpha value is -8.14. The number of nitrogens with zero attached hydrogens (tertiary/aromatic N) is 14. The Balaban J connectivity index is 0.000000145. The molecule has 1 atom stereocenters. The lowest BCUT2D eigenvalue weighted by atomic mass is 10.1. The Morgan fingerprint density at radius 1 is 0.656 bits per heavy atom. The molecule has 0 fully saturated rings. The maximum absolute atomic E-state index is 12.1. The molecule has 9 rings (SSSR count). The van der Waals surface area contributed by atoms with Gasteiger partial charge in [-0.1, -0.05) is 51.1 Å².